The third kappa shape index (κ3) is 4.95. The monoisotopic (exact) mass is 98.0 g/mol. The Morgan fingerprint density at radius 3 is 2.43 bits per heavy atom. The topological polar surface area (TPSA) is 37.3 Å². The molecule has 2 heteroatoms. The molecular weight excluding hydrogens is 92.1 g/mol. The van der Waals surface area contributed by atoms with Crippen LogP contribution in [0.4, 0.5) is 0 Å². The van der Waals surface area contributed by atoms with Gasteiger partial charge in [-0.1, -0.05) is 18.7 Å². The summed E-state index contributed by atoms with van der Waals surface area (Å²) >= 11 is 0. The molecule has 0 aliphatic carbocycles. The molecular formula is C5H6O2. The Balaban J connectivity index is 3.46. The summed E-state index contributed by atoms with van der Waals surface area (Å²) in [6.45, 7) is 3.28. The quantitative estimate of drug-likeness (QED) is 0.410. The van der Waals surface area contributed by atoms with Crippen molar-refractivity contribution < 1.29 is 9.90 Å². The second-order valence-electron chi connectivity index (χ2n) is 0.933. The van der Waals surface area contributed by atoms with Crippen LogP contribution in [0.25, 0.3) is 0 Å². The van der Waals surface area contributed by atoms with Crippen molar-refractivity contribution in [1.29, 1.82) is 0 Å². The molecule has 0 radical (unpaired) electrons. The van der Waals surface area contributed by atoms with E-state index in [4.69, 9.17) is 5.11 Å². The Labute approximate surface area is 41.8 Å². The molecule has 0 unspecified atom stereocenters. The number of rotatable bonds is 2. The maximum absolute atomic E-state index is 9.62. The molecule has 7 heavy (non-hydrogen) atoms. The van der Waals surface area contributed by atoms with Crippen molar-refractivity contribution in [3.63, 3.8) is 0 Å². The number of carbonyl (C=O) groups is 1. The highest BCUT2D eigenvalue weighted by molar-refractivity contribution is 5.79. The standard InChI is InChI=1S/C5H6O2/c1-2-3-4-5(6)7/h2-4H,1H2,(H,6,7)/b4-3+. The van der Waals surface area contributed by atoms with Crippen LogP contribution in [0.1, 0.15) is 0 Å². The molecule has 0 aliphatic rings. The minimum absolute atomic E-state index is 0.945. The second kappa shape index (κ2) is 3.15. The third-order valence-corrected chi connectivity index (χ3v) is 0.375. The lowest BCUT2D eigenvalue weighted by molar-refractivity contribution is -0.131. The van der Waals surface area contributed by atoms with Crippen molar-refractivity contribution in [3.05, 3.63) is 24.8 Å². The zero-order valence-corrected chi connectivity index (χ0v) is 3.79. The van der Waals surface area contributed by atoms with Crippen molar-refractivity contribution in [2.24, 2.45) is 0 Å². The Hall–Kier alpha value is -1.05. The number of aliphatic carboxylic acids is 1. The molecule has 0 amide bonds. The zero-order valence-electron chi connectivity index (χ0n) is 3.79. The Kier molecular flexibility index (Phi) is 2.68. The highest BCUT2D eigenvalue weighted by Gasteiger charge is 1.77. The summed E-state index contributed by atoms with van der Waals surface area (Å²) in [4.78, 5) is 9.62. The van der Waals surface area contributed by atoms with E-state index in [2.05, 4.69) is 6.58 Å². The summed E-state index contributed by atoms with van der Waals surface area (Å²) in [6.07, 6.45) is 3.80. The molecule has 0 aromatic rings. The van der Waals surface area contributed by atoms with Gasteiger partial charge < -0.3 is 5.11 Å². The van der Waals surface area contributed by atoms with Gasteiger partial charge in [0.1, 0.15) is 0 Å². The van der Waals surface area contributed by atoms with Gasteiger partial charge in [0.15, 0.2) is 0 Å². The first-order valence-corrected chi connectivity index (χ1v) is 1.79. The first kappa shape index (κ1) is 5.95. The van der Waals surface area contributed by atoms with Crippen molar-refractivity contribution >= 4 is 5.97 Å². The molecule has 0 aromatic heterocycles. The van der Waals surface area contributed by atoms with E-state index in [0.29, 0.717) is 0 Å². The Morgan fingerprint density at radius 2 is 2.29 bits per heavy atom. The van der Waals surface area contributed by atoms with Crippen LogP contribution in [-0.2, 0) is 4.79 Å². The summed E-state index contributed by atoms with van der Waals surface area (Å²) < 4.78 is 0. The molecule has 2 nitrogen and oxygen atoms in total. The fraction of sp³-hybridized carbons (Fsp3) is 0. The molecule has 0 fully saturated rings. The highest BCUT2D eigenvalue weighted by atomic mass is 16.4. The van der Waals surface area contributed by atoms with E-state index >= 15 is 0 Å². The van der Waals surface area contributed by atoms with Gasteiger partial charge in [0.05, 0.1) is 0 Å². The number of allylic oxidation sites excluding steroid dienone is 2. The molecule has 0 aliphatic heterocycles. The van der Waals surface area contributed by atoms with Crippen molar-refractivity contribution in [2.45, 2.75) is 0 Å². The van der Waals surface area contributed by atoms with Crippen LogP contribution in [0.3, 0.4) is 0 Å². The van der Waals surface area contributed by atoms with Crippen molar-refractivity contribution in [1.82, 2.24) is 0 Å². The number of carboxylic acid groups (broad SMARTS) is 1. The predicted molar refractivity (Wildman–Crippen MR) is 27.0 cm³/mol. The Bertz CT molecular complexity index is 103. The van der Waals surface area contributed by atoms with Crippen LogP contribution in [0.15, 0.2) is 24.8 Å². The van der Waals surface area contributed by atoms with Gasteiger partial charge in [-0.25, -0.2) is 4.79 Å². The maximum atomic E-state index is 9.62. The predicted octanol–water partition coefficient (Wildman–Crippen LogP) is 0.813. The van der Waals surface area contributed by atoms with E-state index in [9.17, 15) is 4.79 Å². The molecule has 0 atom stereocenters. The fourth-order valence-electron chi connectivity index (χ4n) is 0.150. The van der Waals surface area contributed by atoms with E-state index in [0.717, 1.165) is 6.08 Å². The van der Waals surface area contributed by atoms with Gasteiger partial charge in [0.25, 0.3) is 0 Å². The minimum Gasteiger partial charge on any atom is -0.478 e. The lowest BCUT2D eigenvalue weighted by atomic mass is 10.5. The van der Waals surface area contributed by atoms with Crippen LogP contribution in [0.2, 0.25) is 0 Å². The molecule has 0 rings (SSSR count). The average molecular weight is 98.1 g/mol. The Morgan fingerprint density at radius 1 is 1.71 bits per heavy atom. The van der Waals surface area contributed by atoms with E-state index in [1.165, 1.54) is 12.2 Å². The molecule has 38 valence electrons. The van der Waals surface area contributed by atoms with E-state index in [1.807, 2.05) is 0 Å². The lowest BCUT2D eigenvalue weighted by Gasteiger charge is -1.70. The molecule has 0 aromatic carbocycles. The highest BCUT2D eigenvalue weighted by Crippen LogP contribution is 1.70. The van der Waals surface area contributed by atoms with Gasteiger partial charge in [0.2, 0.25) is 0 Å². The van der Waals surface area contributed by atoms with Gasteiger partial charge in [-0.3, -0.25) is 0 Å². The number of hydrogen-bond acceptors (Lipinski definition) is 1. The molecule has 0 bridgehead atoms. The maximum Gasteiger partial charge on any atom is 0.328 e. The summed E-state index contributed by atoms with van der Waals surface area (Å²) in [5.41, 5.74) is 0. The van der Waals surface area contributed by atoms with Crippen LogP contribution in [0.5, 0.6) is 0 Å². The smallest absolute Gasteiger partial charge is 0.328 e. The average Bonchev–Trinajstić information content (AvgIpc) is 1.61. The summed E-state index contributed by atoms with van der Waals surface area (Å²) in [5, 5.41) is 7.91. The van der Waals surface area contributed by atoms with Crippen molar-refractivity contribution in [3.8, 4) is 0 Å². The van der Waals surface area contributed by atoms with Gasteiger partial charge in [-0.05, 0) is 0 Å². The normalized spacial score (nSPS) is 9.14. The van der Waals surface area contributed by atoms with Gasteiger partial charge in [0, 0.05) is 6.08 Å². The van der Waals surface area contributed by atoms with Crippen LogP contribution in [-0.4, -0.2) is 11.1 Å². The fourth-order valence-corrected chi connectivity index (χ4v) is 0.150. The summed E-state index contributed by atoms with van der Waals surface area (Å²) in [5.74, 6) is -0.945. The van der Waals surface area contributed by atoms with Crippen molar-refractivity contribution in [2.75, 3.05) is 0 Å². The number of carboxylic acids is 1. The second-order valence-corrected chi connectivity index (χ2v) is 0.933. The first-order valence-electron chi connectivity index (χ1n) is 1.79. The van der Waals surface area contributed by atoms with Crippen LogP contribution >= 0.6 is 0 Å². The van der Waals surface area contributed by atoms with Crippen LogP contribution < -0.4 is 0 Å². The summed E-state index contributed by atoms with van der Waals surface area (Å²) in [7, 11) is 0. The molecule has 0 heterocycles. The minimum atomic E-state index is -0.945. The van der Waals surface area contributed by atoms with Crippen LogP contribution in [0, 0.1) is 0 Å². The largest absolute Gasteiger partial charge is 0.478 e. The lowest BCUT2D eigenvalue weighted by Crippen LogP contribution is -1.83. The first-order chi connectivity index (χ1) is 3.27. The SMILES string of the molecule is C=C/C=C/C(=O)O. The van der Waals surface area contributed by atoms with Gasteiger partial charge in [-0.15, -0.1) is 0 Å². The summed E-state index contributed by atoms with van der Waals surface area (Å²) in [6, 6.07) is 0. The third-order valence-electron chi connectivity index (χ3n) is 0.375. The van der Waals surface area contributed by atoms with E-state index in [1.54, 1.807) is 0 Å². The van der Waals surface area contributed by atoms with Gasteiger partial charge >= 0.3 is 5.97 Å². The molecule has 0 saturated carbocycles. The molecule has 1 N–H and O–H groups in total. The van der Waals surface area contributed by atoms with Gasteiger partial charge in [-0.2, -0.15) is 0 Å². The number of hydrogen-bond donors (Lipinski definition) is 1. The molecule has 0 saturated heterocycles. The molecule has 0 spiro atoms. The van der Waals surface area contributed by atoms with E-state index < -0.39 is 5.97 Å². The zero-order chi connectivity index (χ0) is 5.70. The van der Waals surface area contributed by atoms with E-state index in [-0.39, 0.29) is 0 Å².